The van der Waals surface area contributed by atoms with Crippen LogP contribution in [0.3, 0.4) is 0 Å². The van der Waals surface area contributed by atoms with Gasteiger partial charge in [0.2, 0.25) is 0 Å². The lowest BCUT2D eigenvalue weighted by Crippen LogP contribution is -2.44. The fraction of sp³-hybridized carbons (Fsp3) is 0.667. The fourth-order valence-corrected chi connectivity index (χ4v) is 2.94. The highest BCUT2D eigenvalue weighted by Gasteiger charge is 2.21. The van der Waals surface area contributed by atoms with E-state index in [1.807, 2.05) is 0 Å². The Morgan fingerprint density at radius 3 is 2.76 bits per heavy atom. The number of hydrogen-bond donors (Lipinski definition) is 1. The van der Waals surface area contributed by atoms with Crippen LogP contribution in [0, 0.1) is 0 Å². The van der Waals surface area contributed by atoms with Crippen molar-refractivity contribution >= 4 is 0 Å². The highest BCUT2D eigenvalue weighted by molar-refractivity contribution is 5.27. The summed E-state index contributed by atoms with van der Waals surface area (Å²) in [6.45, 7) is 11.6. The maximum Gasteiger partial charge on any atom is 0.0622 e. The van der Waals surface area contributed by atoms with Gasteiger partial charge in [0, 0.05) is 25.2 Å². The van der Waals surface area contributed by atoms with Gasteiger partial charge in [0.05, 0.1) is 13.2 Å². The molecule has 0 aromatic heterocycles. The molecule has 1 aliphatic heterocycles. The number of ether oxygens (including phenoxy) is 1. The van der Waals surface area contributed by atoms with Crippen LogP contribution in [-0.2, 0) is 17.7 Å². The summed E-state index contributed by atoms with van der Waals surface area (Å²) in [5, 5.41) is 3.51. The molecule has 0 amide bonds. The van der Waals surface area contributed by atoms with Crippen molar-refractivity contribution in [3.63, 3.8) is 0 Å². The third-order valence-electron chi connectivity index (χ3n) is 4.26. The summed E-state index contributed by atoms with van der Waals surface area (Å²) < 4.78 is 5.61. The third kappa shape index (κ3) is 5.10. The Morgan fingerprint density at radius 1 is 1.29 bits per heavy atom. The van der Waals surface area contributed by atoms with Crippen molar-refractivity contribution in [2.24, 2.45) is 0 Å². The maximum absolute atomic E-state index is 5.61. The van der Waals surface area contributed by atoms with Gasteiger partial charge in [0.25, 0.3) is 0 Å². The summed E-state index contributed by atoms with van der Waals surface area (Å²) in [6, 6.07) is 10.0. The predicted molar refractivity (Wildman–Crippen MR) is 88.6 cm³/mol. The number of rotatable bonds is 7. The number of benzene rings is 1. The van der Waals surface area contributed by atoms with Crippen LogP contribution >= 0.6 is 0 Å². The second-order valence-corrected chi connectivity index (χ2v) is 6.23. The van der Waals surface area contributed by atoms with E-state index in [1.54, 1.807) is 0 Å². The van der Waals surface area contributed by atoms with E-state index in [1.165, 1.54) is 11.1 Å². The lowest BCUT2D eigenvalue weighted by atomic mass is 10.0. The Hall–Kier alpha value is -0.900. The Bertz CT molecular complexity index is 419. The highest BCUT2D eigenvalue weighted by atomic mass is 16.5. The van der Waals surface area contributed by atoms with E-state index in [0.29, 0.717) is 12.1 Å². The molecule has 1 heterocycles. The van der Waals surface area contributed by atoms with Crippen LogP contribution in [0.2, 0.25) is 0 Å². The average Bonchev–Trinajstić information content (AvgIpc) is 2.49. The first-order chi connectivity index (χ1) is 10.2. The molecular weight excluding hydrogens is 260 g/mol. The van der Waals surface area contributed by atoms with Crippen LogP contribution in [0.4, 0.5) is 0 Å². The van der Waals surface area contributed by atoms with Crippen molar-refractivity contribution in [1.29, 1.82) is 0 Å². The molecule has 0 bridgehead atoms. The molecule has 1 aliphatic rings. The van der Waals surface area contributed by atoms with E-state index < -0.39 is 0 Å². The zero-order valence-corrected chi connectivity index (χ0v) is 13.8. The van der Waals surface area contributed by atoms with E-state index in [0.717, 1.165) is 45.7 Å². The lowest BCUT2D eigenvalue weighted by Gasteiger charge is -2.35. The summed E-state index contributed by atoms with van der Waals surface area (Å²) >= 11 is 0. The van der Waals surface area contributed by atoms with E-state index in [4.69, 9.17) is 4.74 Å². The van der Waals surface area contributed by atoms with Gasteiger partial charge in [0.1, 0.15) is 0 Å². The van der Waals surface area contributed by atoms with Gasteiger partial charge in [0.15, 0.2) is 0 Å². The van der Waals surface area contributed by atoms with Crippen LogP contribution in [0.25, 0.3) is 0 Å². The minimum absolute atomic E-state index is 0.556. The molecule has 118 valence electrons. The zero-order valence-electron chi connectivity index (χ0n) is 13.8. The molecule has 1 aromatic rings. The van der Waals surface area contributed by atoms with Crippen molar-refractivity contribution in [2.75, 3.05) is 26.3 Å². The van der Waals surface area contributed by atoms with Crippen LogP contribution < -0.4 is 5.32 Å². The monoisotopic (exact) mass is 290 g/mol. The van der Waals surface area contributed by atoms with Crippen LogP contribution in [0.1, 0.15) is 38.3 Å². The van der Waals surface area contributed by atoms with Crippen molar-refractivity contribution in [3.8, 4) is 0 Å². The Morgan fingerprint density at radius 2 is 2.05 bits per heavy atom. The van der Waals surface area contributed by atoms with Crippen LogP contribution in [0.15, 0.2) is 24.3 Å². The molecule has 3 heteroatoms. The molecule has 3 nitrogen and oxygen atoms in total. The maximum atomic E-state index is 5.61. The summed E-state index contributed by atoms with van der Waals surface area (Å²) in [5.41, 5.74) is 2.95. The minimum atomic E-state index is 0.556. The van der Waals surface area contributed by atoms with Gasteiger partial charge in [-0.25, -0.2) is 0 Å². The summed E-state index contributed by atoms with van der Waals surface area (Å²) in [5.74, 6) is 0. The second kappa shape index (κ2) is 8.52. The third-order valence-corrected chi connectivity index (χ3v) is 4.26. The number of morpholine rings is 1. The fourth-order valence-electron chi connectivity index (χ4n) is 2.94. The van der Waals surface area contributed by atoms with E-state index in [9.17, 15) is 0 Å². The quantitative estimate of drug-likeness (QED) is 0.836. The molecule has 1 unspecified atom stereocenters. The first-order valence-electron chi connectivity index (χ1n) is 8.32. The van der Waals surface area contributed by atoms with Gasteiger partial charge < -0.3 is 10.1 Å². The smallest absolute Gasteiger partial charge is 0.0622 e. The van der Waals surface area contributed by atoms with Crippen molar-refractivity contribution in [2.45, 2.75) is 52.2 Å². The number of nitrogens with zero attached hydrogens (tertiary/aromatic N) is 1. The second-order valence-electron chi connectivity index (χ2n) is 6.23. The molecule has 1 fully saturated rings. The molecule has 1 aromatic carbocycles. The van der Waals surface area contributed by atoms with E-state index in [2.05, 4.69) is 55.3 Å². The Balaban J connectivity index is 1.98. The van der Waals surface area contributed by atoms with Crippen molar-refractivity contribution in [3.05, 3.63) is 35.4 Å². The molecule has 21 heavy (non-hydrogen) atoms. The summed E-state index contributed by atoms with van der Waals surface area (Å²) in [6.07, 6.45) is 2.27. The van der Waals surface area contributed by atoms with Gasteiger partial charge >= 0.3 is 0 Å². The predicted octanol–water partition coefficient (Wildman–Crippen LogP) is 2.84. The molecule has 0 spiro atoms. The molecule has 1 saturated heterocycles. The molecule has 0 radical (unpaired) electrons. The number of nitrogens with one attached hydrogen (secondary N) is 1. The van der Waals surface area contributed by atoms with E-state index in [-0.39, 0.29) is 0 Å². The SMILES string of the molecule is CCC1COCCN1Cc1ccccc1CCNC(C)C. The normalized spacial score (nSPS) is 20.1. The van der Waals surface area contributed by atoms with Crippen LogP contribution in [0.5, 0.6) is 0 Å². The lowest BCUT2D eigenvalue weighted by molar-refractivity contribution is -0.0128. The molecule has 1 atom stereocenters. The largest absolute Gasteiger partial charge is 0.378 e. The van der Waals surface area contributed by atoms with Gasteiger partial charge in [-0.05, 0) is 30.5 Å². The minimum Gasteiger partial charge on any atom is -0.378 e. The van der Waals surface area contributed by atoms with E-state index >= 15 is 0 Å². The van der Waals surface area contributed by atoms with Crippen molar-refractivity contribution in [1.82, 2.24) is 10.2 Å². The molecule has 1 N–H and O–H groups in total. The van der Waals surface area contributed by atoms with Gasteiger partial charge in [-0.1, -0.05) is 45.0 Å². The molecule has 0 saturated carbocycles. The number of hydrogen-bond acceptors (Lipinski definition) is 3. The molecule has 0 aliphatic carbocycles. The van der Waals surface area contributed by atoms with Crippen molar-refractivity contribution < 1.29 is 4.74 Å². The molecule has 2 rings (SSSR count). The van der Waals surface area contributed by atoms with Gasteiger partial charge in [-0.15, -0.1) is 0 Å². The first kappa shape index (κ1) is 16.5. The topological polar surface area (TPSA) is 24.5 Å². The van der Waals surface area contributed by atoms with Gasteiger partial charge in [-0.2, -0.15) is 0 Å². The summed E-state index contributed by atoms with van der Waals surface area (Å²) in [7, 11) is 0. The molecular formula is C18H30N2O. The summed E-state index contributed by atoms with van der Waals surface area (Å²) in [4.78, 5) is 2.58. The first-order valence-corrected chi connectivity index (χ1v) is 8.32. The Labute approximate surface area is 129 Å². The van der Waals surface area contributed by atoms with Crippen LogP contribution in [-0.4, -0.2) is 43.3 Å². The highest BCUT2D eigenvalue weighted by Crippen LogP contribution is 2.17. The standard InChI is InChI=1S/C18H30N2O/c1-4-18-14-21-12-11-20(18)13-17-8-6-5-7-16(17)9-10-19-15(2)3/h5-8,15,18-19H,4,9-14H2,1-3H3. The van der Waals surface area contributed by atoms with Gasteiger partial charge in [-0.3, -0.25) is 4.90 Å². The average molecular weight is 290 g/mol. The zero-order chi connectivity index (χ0) is 15.1. The Kier molecular flexibility index (Phi) is 6.68.